The number of carbonyl (C=O) groups excluding carboxylic acids is 1. The van der Waals surface area contributed by atoms with Gasteiger partial charge in [-0.1, -0.05) is 18.2 Å². The molecule has 9 nitrogen and oxygen atoms in total. The second-order valence-corrected chi connectivity index (χ2v) is 8.75. The monoisotopic (exact) mass is 480 g/mol. The fraction of sp³-hybridized carbons (Fsp3) is 0.423. The molecule has 2 aromatic carbocycles. The minimum absolute atomic E-state index is 0.0111. The molecule has 1 amide bonds. The van der Waals surface area contributed by atoms with Crippen LogP contribution >= 0.6 is 0 Å². The number of fused-ring (bicyclic) bond motifs is 1. The zero-order valence-corrected chi connectivity index (χ0v) is 20.3. The molecule has 1 aliphatic carbocycles. The van der Waals surface area contributed by atoms with Crippen LogP contribution in [0.3, 0.4) is 0 Å². The van der Waals surface area contributed by atoms with Crippen LogP contribution in [0.1, 0.15) is 37.7 Å². The molecule has 1 aliphatic rings. The maximum atomic E-state index is 12.7. The molecule has 2 atom stereocenters. The van der Waals surface area contributed by atoms with Gasteiger partial charge in [-0.15, -0.1) is 0 Å². The Bertz CT molecular complexity index is 1220. The summed E-state index contributed by atoms with van der Waals surface area (Å²) in [5.74, 6) is 2.36. The molecule has 3 aromatic rings. The molecule has 1 heterocycles. The first-order chi connectivity index (χ1) is 17.0. The number of aromatic nitrogens is 2. The number of amides is 1. The van der Waals surface area contributed by atoms with Crippen LogP contribution in [0, 0.1) is 0 Å². The number of carbonyl (C=O) groups is 1. The van der Waals surface area contributed by atoms with Gasteiger partial charge in [0.1, 0.15) is 0 Å². The van der Waals surface area contributed by atoms with Crippen LogP contribution in [0.5, 0.6) is 17.2 Å². The van der Waals surface area contributed by atoms with E-state index in [1.165, 1.54) is 0 Å². The highest BCUT2D eigenvalue weighted by atomic mass is 16.5. The maximum Gasteiger partial charge on any atom is 0.272 e. The molecule has 0 bridgehead atoms. The van der Waals surface area contributed by atoms with E-state index in [-0.39, 0.29) is 23.6 Å². The van der Waals surface area contributed by atoms with Gasteiger partial charge in [0.15, 0.2) is 17.3 Å². The van der Waals surface area contributed by atoms with E-state index in [1.54, 1.807) is 27.4 Å². The third-order valence-corrected chi connectivity index (χ3v) is 6.44. The predicted octanol–water partition coefficient (Wildman–Crippen LogP) is 3.42. The summed E-state index contributed by atoms with van der Waals surface area (Å²) < 4.78 is 16.2. The molecule has 0 radical (unpaired) electrons. The molecule has 1 saturated carbocycles. The number of aryl methyl sites for hydroxylation is 1. The molecular weight excluding hydrogens is 448 g/mol. The van der Waals surface area contributed by atoms with E-state index in [0.717, 1.165) is 36.6 Å². The summed E-state index contributed by atoms with van der Waals surface area (Å²) in [5, 5.41) is 14.9. The Morgan fingerprint density at radius 2 is 1.71 bits per heavy atom. The predicted molar refractivity (Wildman–Crippen MR) is 135 cm³/mol. The number of rotatable bonds is 9. The molecule has 0 aliphatic heterocycles. The van der Waals surface area contributed by atoms with E-state index in [2.05, 4.69) is 20.8 Å². The molecule has 2 unspecified atom stereocenters. The molecule has 1 fully saturated rings. The topological polar surface area (TPSA) is 115 Å². The van der Waals surface area contributed by atoms with Crippen LogP contribution < -0.4 is 30.4 Å². The average molecular weight is 481 g/mol. The molecule has 3 N–H and O–H groups in total. The highest BCUT2D eigenvalue weighted by molar-refractivity contribution is 5.90. The molecule has 4 rings (SSSR count). The first-order valence-electron chi connectivity index (χ1n) is 11.8. The second-order valence-electron chi connectivity index (χ2n) is 8.75. The average Bonchev–Trinajstić information content (AvgIpc) is 2.88. The molecule has 9 heteroatoms. The van der Waals surface area contributed by atoms with Crippen molar-refractivity contribution < 1.29 is 19.0 Å². The number of H-pyrrole nitrogens is 1. The minimum Gasteiger partial charge on any atom is -0.493 e. The van der Waals surface area contributed by atoms with Gasteiger partial charge >= 0.3 is 0 Å². The number of ether oxygens (including phenoxy) is 3. The van der Waals surface area contributed by atoms with Gasteiger partial charge < -0.3 is 24.8 Å². The summed E-state index contributed by atoms with van der Waals surface area (Å²) in [7, 11) is 4.72. The molecule has 0 spiro atoms. The number of nitrogens with one attached hydrogen (secondary N) is 3. The van der Waals surface area contributed by atoms with E-state index in [4.69, 9.17) is 14.2 Å². The summed E-state index contributed by atoms with van der Waals surface area (Å²) in [6.45, 7) is 0. The number of nitrogens with zero attached hydrogens (tertiary/aromatic N) is 1. The van der Waals surface area contributed by atoms with E-state index in [0.29, 0.717) is 41.3 Å². The van der Waals surface area contributed by atoms with Gasteiger partial charge in [-0.05, 0) is 55.9 Å². The number of anilines is 1. The lowest BCUT2D eigenvalue weighted by Crippen LogP contribution is -2.42. The second kappa shape index (κ2) is 11.1. The summed E-state index contributed by atoms with van der Waals surface area (Å²) in [6.07, 6.45) is 4.63. The van der Waals surface area contributed by atoms with E-state index in [9.17, 15) is 9.59 Å². The van der Waals surface area contributed by atoms with E-state index in [1.807, 2.05) is 30.3 Å². The van der Waals surface area contributed by atoms with Gasteiger partial charge in [-0.3, -0.25) is 9.59 Å². The number of methoxy groups -OCH3 is 3. The van der Waals surface area contributed by atoms with Crippen molar-refractivity contribution in [2.75, 3.05) is 26.6 Å². The van der Waals surface area contributed by atoms with Gasteiger partial charge in [-0.2, -0.15) is 5.10 Å². The quantitative estimate of drug-likeness (QED) is 0.430. The smallest absolute Gasteiger partial charge is 0.272 e. The Labute approximate surface area is 204 Å². The van der Waals surface area contributed by atoms with Crippen LogP contribution in [-0.2, 0) is 11.2 Å². The lowest BCUT2D eigenvalue weighted by molar-refractivity contribution is -0.122. The zero-order valence-electron chi connectivity index (χ0n) is 20.3. The van der Waals surface area contributed by atoms with Gasteiger partial charge in [0.05, 0.1) is 26.7 Å². The largest absolute Gasteiger partial charge is 0.493 e. The van der Waals surface area contributed by atoms with Gasteiger partial charge in [-0.25, -0.2) is 5.10 Å². The van der Waals surface area contributed by atoms with Crippen molar-refractivity contribution in [2.24, 2.45) is 0 Å². The van der Waals surface area contributed by atoms with Gasteiger partial charge in [0.25, 0.3) is 5.56 Å². The van der Waals surface area contributed by atoms with Crippen LogP contribution in [0.4, 0.5) is 5.82 Å². The Hall–Kier alpha value is -3.75. The summed E-state index contributed by atoms with van der Waals surface area (Å²) in [6, 6.07) is 11.4. The standard InChI is InChI=1S/C26H32N4O5/c1-33-21-13-16(14-22(34-2)24(21)35-3)11-12-23(31)27-17-7-6-8-18(15-17)28-25-19-9-4-5-10-20(19)26(32)30-29-25/h4-5,9-10,13-14,17-18H,6-8,11-12,15H2,1-3H3,(H,27,31)(H,28,29)(H,30,32). The highest BCUT2D eigenvalue weighted by Crippen LogP contribution is 2.38. The van der Waals surface area contributed by atoms with Crippen molar-refractivity contribution in [3.63, 3.8) is 0 Å². The third kappa shape index (κ3) is 5.67. The summed E-state index contributed by atoms with van der Waals surface area (Å²) in [4.78, 5) is 24.8. The lowest BCUT2D eigenvalue weighted by atomic mass is 9.90. The molecule has 0 saturated heterocycles. The SMILES string of the molecule is COc1cc(CCC(=O)NC2CCCC(Nc3n[nH]c(=O)c4ccccc34)C2)cc(OC)c1OC. The van der Waals surface area contributed by atoms with Crippen molar-refractivity contribution in [3.05, 3.63) is 52.3 Å². The Kier molecular flexibility index (Phi) is 7.74. The summed E-state index contributed by atoms with van der Waals surface area (Å²) in [5.41, 5.74) is 0.737. The minimum atomic E-state index is -0.202. The molecular formula is C26H32N4O5. The van der Waals surface area contributed by atoms with Crippen molar-refractivity contribution in [3.8, 4) is 17.2 Å². The Morgan fingerprint density at radius 1 is 1.03 bits per heavy atom. The van der Waals surface area contributed by atoms with Crippen molar-refractivity contribution >= 4 is 22.5 Å². The van der Waals surface area contributed by atoms with Gasteiger partial charge in [0, 0.05) is 23.9 Å². The molecule has 1 aromatic heterocycles. The normalized spacial score (nSPS) is 17.6. The van der Waals surface area contributed by atoms with E-state index >= 15 is 0 Å². The van der Waals surface area contributed by atoms with Crippen molar-refractivity contribution in [1.29, 1.82) is 0 Å². The Balaban J connectivity index is 1.35. The van der Waals surface area contributed by atoms with E-state index < -0.39 is 0 Å². The van der Waals surface area contributed by atoms with Crippen molar-refractivity contribution in [2.45, 2.75) is 50.6 Å². The van der Waals surface area contributed by atoms with Crippen LogP contribution in [0.15, 0.2) is 41.2 Å². The number of hydrogen-bond acceptors (Lipinski definition) is 7. The van der Waals surface area contributed by atoms with Gasteiger partial charge in [0.2, 0.25) is 11.7 Å². The molecule has 186 valence electrons. The Morgan fingerprint density at radius 3 is 2.40 bits per heavy atom. The van der Waals surface area contributed by atoms with Crippen molar-refractivity contribution in [1.82, 2.24) is 15.5 Å². The zero-order chi connectivity index (χ0) is 24.8. The first kappa shape index (κ1) is 24.4. The number of aromatic amines is 1. The first-order valence-corrected chi connectivity index (χ1v) is 11.8. The third-order valence-electron chi connectivity index (χ3n) is 6.44. The molecule has 35 heavy (non-hydrogen) atoms. The summed E-state index contributed by atoms with van der Waals surface area (Å²) >= 11 is 0. The fourth-order valence-corrected chi connectivity index (χ4v) is 4.71. The van der Waals surface area contributed by atoms with Crippen LogP contribution in [0.25, 0.3) is 10.8 Å². The number of benzene rings is 2. The highest BCUT2D eigenvalue weighted by Gasteiger charge is 2.24. The maximum absolute atomic E-state index is 12.7. The lowest BCUT2D eigenvalue weighted by Gasteiger charge is -2.30. The number of hydrogen-bond donors (Lipinski definition) is 3. The van der Waals surface area contributed by atoms with Crippen LogP contribution in [-0.4, -0.2) is 49.5 Å². The van der Waals surface area contributed by atoms with Crippen LogP contribution in [0.2, 0.25) is 0 Å². The fourth-order valence-electron chi connectivity index (χ4n) is 4.71.